The molecule has 0 bridgehead atoms. The van der Waals surface area contributed by atoms with Gasteiger partial charge in [0.2, 0.25) is 11.7 Å². The van der Waals surface area contributed by atoms with Crippen molar-refractivity contribution in [2.24, 2.45) is 0 Å². The van der Waals surface area contributed by atoms with Gasteiger partial charge < -0.3 is 19.5 Å². The number of aromatic nitrogens is 2. The number of aryl methyl sites for hydroxylation is 1. The summed E-state index contributed by atoms with van der Waals surface area (Å²) in [5, 5.41) is 7.04. The number of ether oxygens (including phenoxy) is 1. The van der Waals surface area contributed by atoms with E-state index in [1.165, 1.54) is 0 Å². The van der Waals surface area contributed by atoms with Gasteiger partial charge in [-0.05, 0) is 48.9 Å². The minimum Gasteiger partial charge on any atom is -0.497 e. The summed E-state index contributed by atoms with van der Waals surface area (Å²) in [7, 11) is 1.63. The van der Waals surface area contributed by atoms with E-state index in [9.17, 15) is 4.79 Å². The number of amides is 2. The number of piperazine rings is 1. The zero-order valence-corrected chi connectivity index (χ0v) is 17.2. The lowest BCUT2D eigenvalue weighted by Gasteiger charge is -2.33. The summed E-state index contributed by atoms with van der Waals surface area (Å²) in [5.74, 6) is 1.91. The van der Waals surface area contributed by atoms with E-state index in [4.69, 9.17) is 9.26 Å². The highest BCUT2D eigenvalue weighted by molar-refractivity contribution is 5.89. The molecule has 0 spiro atoms. The molecule has 30 heavy (non-hydrogen) atoms. The van der Waals surface area contributed by atoms with Crippen LogP contribution in [0.15, 0.2) is 53.1 Å². The number of nitrogens with one attached hydrogen (secondary N) is 1. The number of hydrogen-bond acceptors (Lipinski definition) is 6. The maximum atomic E-state index is 12.5. The summed E-state index contributed by atoms with van der Waals surface area (Å²) in [5.41, 5.74) is 2.81. The maximum absolute atomic E-state index is 12.5. The Morgan fingerprint density at radius 1 is 1.13 bits per heavy atom. The number of nitrogens with zero attached hydrogens (tertiary/aromatic N) is 4. The van der Waals surface area contributed by atoms with Crippen molar-refractivity contribution in [3.63, 3.8) is 0 Å². The van der Waals surface area contributed by atoms with Gasteiger partial charge in [0.05, 0.1) is 13.7 Å². The number of benzene rings is 2. The summed E-state index contributed by atoms with van der Waals surface area (Å²) in [6, 6.07) is 15.3. The Balaban J connectivity index is 1.28. The third kappa shape index (κ3) is 4.77. The molecule has 4 rings (SSSR count). The first-order chi connectivity index (χ1) is 14.6. The van der Waals surface area contributed by atoms with E-state index in [0.717, 1.165) is 35.7 Å². The van der Waals surface area contributed by atoms with Crippen molar-refractivity contribution >= 4 is 11.7 Å². The Morgan fingerprint density at radius 3 is 2.60 bits per heavy atom. The molecule has 0 radical (unpaired) electrons. The number of carbonyl (C=O) groups excluding carboxylic acids is 1. The van der Waals surface area contributed by atoms with Crippen molar-refractivity contribution in [3.8, 4) is 17.1 Å². The normalized spacial score (nSPS) is 14.5. The first-order valence-corrected chi connectivity index (χ1v) is 9.93. The average Bonchev–Trinajstić information content (AvgIpc) is 3.23. The molecule has 1 aromatic heterocycles. The Labute approximate surface area is 175 Å². The lowest BCUT2D eigenvalue weighted by Crippen LogP contribution is -2.49. The quantitative estimate of drug-likeness (QED) is 0.698. The summed E-state index contributed by atoms with van der Waals surface area (Å²) < 4.78 is 10.6. The van der Waals surface area contributed by atoms with E-state index in [0.29, 0.717) is 31.3 Å². The number of carbonyl (C=O) groups is 1. The molecule has 156 valence electrons. The van der Waals surface area contributed by atoms with E-state index in [-0.39, 0.29) is 6.03 Å². The lowest BCUT2D eigenvalue weighted by atomic mass is 10.2. The molecule has 1 saturated heterocycles. The van der Waals surface area contributed by atoms with Gasteiger partial charge in [-0.3, -0.25) is 4.90 Å². The molecule has 0 aliphatic carbocycles. The monoisotopic (exact) mass is 407 g/mol. The number of urea groups is 1. The maximum Gasteiger partial charge on any atom is 0.321 e. The molecule has 8 heteroatoms. The average molecular weight is 407 g/mol. The van der Waals surface area contributed by atoms with Gasteiger partial charge in [-0.2, -0.15) is 4.98 Å². The molecule has 0 saturated carbocycles. The number of rotatable bonds is 5. The van der Waals surface area contributed by atoms with Gasteiger partial charge in [-0.25, -0.2) is 4.79 Å². The molecule has 1 aliphatic heterocycles. The highest BCUT2D eigenvalue weighted by Crippen LogP contribution is 2.20. The van der Waals surface area contributed by atoms with Crippen LogP contribution in [0.3, 0.4) is 0 Å². The third-order valence-corrected chi connectivity index (χ3v) is 5.10. The Bertz CT molecular complexity index is 994. The SMILES string of the molecule is COc1ccc(-c2noc(CN3CCN(C(=O)Nc4cccc(C)c4)CC3)n2)cc1. The fraction of sp³-hybridized carbons (Fsp3) is 0.318. The van der Waals surface area contributed by atoms with Gasteiger partial charge in [-0.1, -0.05) is 17.3 Å². The molecule has 1 aliphatic rings. The van der Waals surface area contributed by atoms with Crippen molar-refractivity contribution in [2.75, 3.05) is 38.6 Å². The first kappa shape index (κ1) is 19.9. The molecular weight excluding hydrogens is 382 g/mol. The minimum absolute atomic E-state index is 0.0696. The molecule has 2 aromatic carbocycles. The fourth-order valence-electron chi connectivity index (χ4n) is 3.40. The van der Waals surface area contributed by atoms with Crippen LogP contribution in [0.4, 0.5) is 10.5 Å². The predicted molar refractivity (Wildman–Crippen MR) is 113 cm³/mol. The van der Waals surface area contributed by atoms with Crippen LogP contribution in [-0.2, 0) is 6.54 Å². The molecule has 1 fully saturated rings. The summed E-state index contributed by atoms with van der Waals surface area (Å²) in [6.07, 6.45) is 0. The largest absolute Gasteiger partial charge is 0.497 e. The van der Waals surface area contributed by atoms with Gasteiger partial charge in [0.1, 0.15) is 5.75 Å². The smallest absolute Gasteiger partial charge is 0.321 e. The van der Waals surface area contributed by atoms with Gasteiger partial charge in [-0.15, -0.1) is 0 Å². The van der Waals surface area contributed by atoms with Crippen molar-refractivity contribution in [3.05, 3.63) is 60.0 Å². The van der Waals surface area contributed by atoms with Crippen LogP contribution >= 0.6 is 0 Å². The second-order valence-electron chi connectivity index (χ2n) is 7.30. The molecule has 2 heterocycles. The Kier molecular flexibility index (Phi) is 5.94. The summed E-state index contributed by atoms with van der Waals surface area (Å²) >= 11 is 0. The van der Waals surface area contributed by atoms with Crippen LogP contribution < -0.4 is 10.1 Å². The highest BCUT2D eigenvalue weighted by atomic mass is 16.5. The van der Waals surface area contributed by atoms with E-state index < -0.39 is 0 Å². The van der Waals surface area contributed by atoms with E-state index >= 15 is 0 Å². The fourth-order valence-corrected chi connectivity index (χ4v) is 3.40. The Hall–Kier alpha value is -3.39. The first-order valence-electron chi connectivity index (χ1n) is 9.93. The van der Waals surface area contributed by atoms with Crippen LogP contribution in [0.1, 0.15) is 11.5 Å². The highest BCUT2D eigenvalue weighted by Gasteiger charge is 2.22. The van der Waals surface area contributed by atoms with E-state index in [1.807, 2.05) is 60.4 Å². The van der Waals surface area contributed by atoms with Gasteiger partial charge >= 0.3 is 6.03 Å². The van der Waals surface area contributed by atoms with Crippen molar-refractivity contribution in [1.29, 1.82) is 0 Å². The van der Waals surface area contributed by atoms with Gasteiger partial charge in [0.25, 0.3) is 0 Å². The van der Waals surface area contributed by atoms with Gasteiger partial charge in [0.15, 0.2) is 0 Å². The molecule has 0 unspecified atom stereocenters. The summed E-state index contributed by atoms with van der Waals surface area (Å²) in [6.45, 7) is 5.37. The number of anilines is 1. The molecule has 0 atom stereocenters. The molecule has 8 nitrogen and oxygen atoms in total. The van der Waals surface area contributed by atoms with E-state index in [2.05, 4.69) is 20.4 Å². The van der Waals surface area contributed by atoms with Crippen LogP contribution in [0.5, 0.6) is 5.75 Å². The summed E-state index contributed by atoms with van der Waals surface area (Å²) in [4.78, 5) is 21.0. The third-order valence-electron chi connectivity index (χ3n) is 5.10. The van der Waals surface area contributed by atoms with E-state index in [1.54, 1.807) is 7.11 Å². The van der Waals surface area contributed by atoms with Crippen molar-refractivity contribution in [1.82, 2.24) is 19.9 Å². The van der Waals surface area contributed by atoms with Crippen molar-refractivity contribution in [2.45, 2.75) is 13.5 Å². The van der Waals surface area contributed by atoms with Crippen LogP contribution in [-0.4, -0.2) is 59.3 Å². The zero-order valence-electron chi connectivity index (χ0n) is 17.2. The molecule has 1 N–H and O–H groups in total. The molecule has 2 amide bonds. The molecule has 3 aromatic rings. The van der Waals surface area contributed by atoms with Crippen LogP contribution in [0, 0.1) is 6.92 Å². The second kappa shape index (κ2) is 8.96. The Morgan fingerprint density at radius 2 is 1.90 bits per heavy atom. The van der Waals surface area contributed by atoms with Crippen LogP contribution in [0.2, 0.25) is 0 Å². The second-order valence-corrected chi connectivity index (χ2v) is 7.30. The zero-order chi connectivity index (χ0) is 20.9. The van der Waals surface area contributed by atoms with Crippen molar-refractivity contribution < 1.29 is 14.1 Å². The topological polar surface area (TPSA) is 83.7 Å². The predicted octanol–water partition coefficient (Wildman–Crippen LogP) is 3.40. The molecular formula is C22H25N5O3. The lowest BCUT2D eigenvalue weighted by molar-refractivity contribution is 0.133. The number of methoxy groups -OCH3 is 1. The van der Waals surface area contributed by atoms with Gasteiger partial charge in [0, 0.05) is 37.4 Å². The standard InChI is InChI=1S/C22H25N5O3/c1-16-4-3-5-18(14-16)23-22(28)27-12-10-26(11-13-27)15-20-24-21(25-30-20)17-6-8-19(29-2)9-7-17/h3-9,14H,10-13,15H2,1-2H3,(H,23,28). The number of hydrogen-bond donors (Lipinski definition) is 1. The van der Waals surface area contributed by atoms with Crippen LogP contribution in [0.25, 0.3) is 11.4 Å². The minimum atomic E-state index is -0.0696.